The monoisotopic (exact) mass is 269 g/mol. The van der Waals surface area contributed by atoms with Gasteiger partial charge in [-0.25, -0.2) is 0 Å². The Bertz CT molecular complexity index is 411. The van der Waals surface area contributed by atoms with Gasteiger partial charge in [-0.05, 0) is 13.8 Å². The molecule has 2 N–H and O–H groups in total. The molecule has 0 aromatic carbocycles. The molecule has 0 spiro atoms. The number of anilines is 1. The summed E-state index contributed by atoms with van der Waals surface area (Å²) in [7, 11) is 0. The van der Waals surface area contributed by atoms with Gasteiger partial charge in [-0.15, -0.1) is 10.2 Å². The van der Waals surface area contributed by atoms with Crippen LogP contribution in [0.25, 0.3) is 0 Å². The molecule has 1 amide bonds. The predicted octanol–water partition coefficient (Wildman–Crippen LogP) is 1.66. The lowest BCUT2D eigenvalue weighted by atomic mass is 10.1. The highest BCUT2D eigenvalue weighted by molar-refractivity contribution is 7.15. The lowest BCUT2D eigenvalue weighted by Crippen LogP contribution is -2.27. The van der Waals surface area contributed by atoms with E-state index >= 15 is 0 Å². The number of halogens is 3. The minimum atomic E-state index is -4.57. The highest BCUT2D eigenvalue weighted by atomic mass is 32.1. The summed E-state index contributed by atoms with van der Waals surface area (Å²) in [5.41, 5.74) is -1.23. The molecule has 0 unspecified atom stereocenters. The first-order chi connectivity index (χ1) is 7.58. The van der Waals surface area contributed by atoms with Crippen molar-refractivity contribution < 1.29 is 23.1 Å². The summed E-state index contributed by atoms with van der Waals surface area (Å²) in [6, 6.07) is 0. The number of carbonyl (C=O) groups is 1. The summed E-state index contributed by atoms with van der Waals surface area (Å²) in [5.74, 6) is -0.623. The molecule has 0 saturated heterocycles. The molecule has 0 aliphatic heterocycles. The van der Waals surface area contributed by atoms with Crippen molar-refractivity contribution in [3.05, 3.63) is 5.01 Å². The lowest BCUT2D eigenvalue weighted by molar-refractivity contribution is -0.138. The largest absolute Gasteiger partial charge is 0.445 e. The maximum atomic E-state index is 12.2. The van der Waals surface area contributed by atoms with Gasteiger partial charge < -0.3 is 10.4 Å². The summed E-state index contributed by atoms with van der Waals surface area (Å²) in [4.78, 5) is 11.3. The average Bonchev–Trinajstić information content (AvgIpc) is 2.47. The minimum Gasteiger partial charge on any atom is -0.390 e. The second-order valence-electron chi connectivity index (χ2n) is 3.95. The van der Waals surface area contributed by atoms with Gasteiger partial charge in [0.1, 0.15) is 0 Å². The van der Waals surface area contributed by atoms with Crippen LogP contribution in [0.15, 0.2) is 0 Å². The summed E-state index contributed by atoms with van der Waals surface area (Å²) in [5, 5.41) is 16.2. The molecule has 17 heavy (non-hydrogen) atoms. The zero-order valence-electron chi connectivity index (χ0n) is 9.00. The Morgan fingerprint density at radius 3 is 2.41 bits per heavy atom. The fraction of sp³-hybridized carbons (Fsp3) is 0.625. The molecule has 0 saturated carbocycles. The van der Waals surface area contributed by atoms with Crippen LogP contribution >= 0.6 is 11.3 Å². The summed E-state index contributed by atoms with van der Waals surface area (Å²) >= 11 is 0.233. The third-order valence-corrected chi connectivity index (χ3v) is 2.39. The first-order valence-electron chi connectivity index (χ1n) is 4.51. The normalized spacial score (nSPS) is 12.6. The smallest absolute Gasteiger partial charge is 0.390 e. The van der Waals surface area contributed by atoms with Crippen molar-refractivity contribution in [3.8, 4) is 0 Å². The highest BCUT2D eigenvalue weighted by Gasteiger charge is 2.35. The van der Waals surface area contributed by atoms with E-state index in [0.717, 1.165) is 0 Å². The third-order valence-electron chi connectivity index (χ3n) is 1.51. The first-order valence-corrected chi connectivity index (χ1v) is 5.32. The molecule has 1 aromatic rings. The average molecular weight is 269 g/mol. The van der Waals surface area contributed by atoms with Gasteiger partial charge >= 0.3 is 6.18 Å². The van der Waals surface area contributed by atoms with Crippen LogP contribution in [0.4, 0.5) is 18.3 Å². The maximum absolute atomic E-state index is 12.2. The van der Waals surface area contributed by atoms with Gasteiger partial charge in [0.15, 0.2) is 0 Å². The molecule has 0 atom stereocenters. The number of rotatable bonds is 3. The highest BCUT2D eigenvalue weighted by Crippen LogP contribution is 2.33. The van der Waals surface area contributed by atoms with E-state index < -0.39 is 22.7 Å². The molecular weight excluding hydrogens is 259 g/mol. The fourth-order valence-corrected chi connectivity index (χ4v) is 1.57. The van der Waals surface area contributed by atoms with Crippen LogP contribution in [0.3, 0.4) is 0 Å². The van der Waals surface area contributed by atoms with E-state index in [9.17, 15) is 23.1 Å². The van der Waals surface area contributed by atoms with Crippen molar-refractivity contribution in [3.63, 3.8) is 0 Å². The summed E-state index contributed by atoms with van der Waals surface area (Å²) in [6.45, 7) is 2.82. The van der Waals surface area contributed by atoms with E-state index in [2.05, 4.69) is 15.5 Å². The van der Waals surface area contributed by atoms with Gasteiger partial charge in [0, 0.05) is 0 Å². The molecule has 0 bridgehead atoms. The SMILES string of the molecule is CC(C)(O)CC(=O)Nc1nnc(C(F)(F)F)s1. The number of carbonyl (C=O) groups excluding carboxylic acids is 1. The van der Waals surface area contributed by atoms with Gasteiger partial charge in [0.2, 0.25) is 16.0 Å². The molecule has 0 radical (unpaired) electrons. The Morgan fingerprint density at radius 2 is 2.00 bits per heavy atom. The Balaban J connectivity index is 2.65. The van der Waals surface area contributed by atoms with Crippen molar-refractivity contribution >= 4 is 22.4 Å². The topological polar surface area (TPSA) is 75.1 Å². The fourth-order valence-electron chi connectivity index (χ4n) is 0.945. The quantitative estimate of drug-likeness (QED) is 0.875. The van der Waals surface area contributed by atoms with E-state index in [1.165, 1.54) is 13.8 Å². The van der Waals surface area contributed by atoms with Gasteiger partial charge in [0.05, 0.1) is 12.0 Å². The van der Waals surface area contributed by atoms with Crippen LogP contribution in [0.5, 0.6) is 0 Å². The molecule has 9 heteroatoms. The number of alkyl halides is 3. The molecule has 1 heterocycles. The maximum Gasteiger partial charge on any atom is 0.445 e. The van der Waals surface area contributed by atoms with Gasteiger partial charge in [-0.3, -0.25) is 4.79 Å². The molecule has 0 aliphatic rings. The molecule has 1 rings (SSSR count). The van der Waals surface area contributed by atoms with Crippen LogP contribution in [-0.4, -0.2) is 26.8 Å². The number of nitrogens with zero attached hydrogens (tertiary/aromatic N) is 2. The van der Waals surface area contributed by atoms with Crippen molar-refractivity contribution in [1.29, 1.82) is 0 Å². The number of nitrogens with one attached hydrogen (secondary N) is 1. The third kappa shape index (κ3) is 4.65. The van der Waals surface area contributed by atoms with Gasteiger partial charge in [-0.2, -0.15) is 13.2 Å². The second kappa shape index (κ2) is 4.57. The van der Waals surface area contributed by atoms with Crippen LogP contribution in [0.2, 0.25) is 0 Å². The molecular formula is C8H10F3N3O2S. The number of hydrogen-bond donors (Lipinski definition) is 2. The van der Waals surface area contributed by atoms with Crippen molar-refractivity contribution in [2.24, 2.45) is 0 Å². The Morgan fingerprint density at radius 1 is 1.41 bits per heavy atom. The second-order valence-corrected chi connectivity index (χ2v) is 4.93. The van der Waals surface area contributed by atoms with Crippen LogP contribution in [0, 0.1) is 0 Å². The zero-order chi connectivity index (χ0) is 13.3. The van der Waals surface area contributed by atoms with Gasteiger partial charge in [-0.1, -0.05) is 11.3 Å². The Labute approximate surface area is 98.7 Å². The van der Waals surface area contributed by atoms with Crippen LogP contribution < -0.4 is 5.32 Å². The number of aromatic nitrogens is 2. The van der Waals surface area contributed by atoms with E-state index in [0.29, 0.717) is 0 Å². The number of hydrogen-bond acceptors (Lipinski definition) is 5. The zero-order valence-corrected chi connectivity index (χ0v) is 9.82. The molecule has 0 aliphatic carbocycles. The molecule has 0 fully saturated rings. The number of aliphatic hydroxyl groups is 1. The molecule has 1 aromatic heterocycles. The first kappa shape index (κ1) is 13.8. The summed E-state index contributed by atoms with van der Waals surface area (Å²) in [6.07, 6.45) is -4.81. The predicted molar refractivity (Wildman–Crippen MR) is 54.5 cm³/mol. The molecule has 96 valence electrons. The van der Waals surface area contributed by atoms with E-state index in [4.69, 9.17) is 0 Å². The van der Waals surface area contributed by atoms with Crippen molar-refractivity contribution in [2.45, 2.75) is 32.0 Å². The van der Waals surface area contributed by atoms with Crippen LogP contribution in [-0.2, 0) is 11.0 Å². The van der Waals surface area contributed by atoms with E-state index in [-0.39, 0.29) is 22.9 Å². The number of amides is 1. The Kier molecular flexibility index (Phi) is 3.72. The van der Waals surface area contributed by atoms with Gasteiger partial charge in [0.25, 0.3) is 0 Å². The van der Waals surface area contributed by atoms with Crippen molar-refractivity contribution in [1.82, 2.24) is 10.2 Å². The minimum absolute atomic E-state index is 0.233. The van der Waals surface area contributed by atoms with E-state index in [1.807, 2.05) is 0 Å². The standard InChI is InChI=1S/C8H10F3N3O2S/c1-7(2,16)3-4(15)12-6-14-13-5(17-6)8(9,10)11/h16H,3H2,1-2H3,(H,12,14,15). The van der Waals surface area contributed by atoms with Crippen LogP contribution in [0.1, 0.15) is 25.3 Å². The van der Waals surface area contributed by atoms with Crippen molar-refractivity contribution in [2.75, 3.05) is 5.32 Å². The van der Waals surface area contributed by atoms with E-state index in [1.54, 1.807) is 0 Å². The lowest BCUT2D eigenvalue weighted by Gasteiger charge is -2.15. The molecule has 5 nitrogen and oxygen atoms in total. The Hall–Kier alpha value is -1.22. The summed E-state index contributed by atoms with van der Waals surface area (Å²) < 4.78 is 36.5.